The van der Waals surface area contributed by atoms with E-state index in [0.717, 1.165) is 0 Å². The van der Waals surface area contributed by atoms with Crippen molar-refractivity contribution in [1.29, 1.82) is 0 Å². The number of fused-ring (bicyclic) bond motifs is 2. The van der Waals surface area contributed by atoms with Crippen LogP contribution in [0, 0.1) is 13.8 Å². The van der Waals surface area contributed by atoms with Crippen LogP contribution in [0.15, 0.2) is 12.1 Å². The number of aryl methyl sites for hydroxylation is 3. The molecule has 2 bridgehead atoms. The third-order valence-electron chi connectivity index (χ3n) is 2.45. The SMILES string of the molecule is Cc1c(C)c2ccc1n2C. The van der Waals surface area contributed by atoms with E-state index in [1.54, 1.807) is 0 Å². The van der Waals surface area contributed by atoms with Gasteiger partial charge in [-0.2, -0.15) is 0 Å². The second kappa shape index (κ2) is 1.54. The topological polar surface area (TPSA) is 4.93 Å². The molecule has 0 unspecified atom stereocenters. The summed E-state index contributed by atoms with van der Waals surface area (Å²) in [6, 6.07) is 4.36. The summed E-state index contributed by atoms with van der Waals surface area (Å²) in [6.07, 6.45) is 0. The van der Waals surface area contributed by atoms with Crippen LogP contribution in [-0.2, 0) is 7.05 Å². The van der Waals surface area contributed by atoms with E-state index >= 15 is 0 Å². The summed E-state index contributed by atoms with van der Waals surface area (Å²) < 4.78 is 2.24. The number of hydrogen-bond acceptors (Lipinski definition) is 0. The average molecular weight is 133 g/mol. The Hall–Kier alpha value is -0.980. The minimum Gasteiger partial charge on any atom is -0.344 e. The molecule has 2 aromatic heterocycles. The van der Waals surface area contributed by atoms with Crippen molar-refractivity contribution in [2.24, 2.45) is 7.05 Å². The van der Waals surface area contributed by atoms with Gasteiger partial charge in [0.15, 0.2) is 0 Å². The minimum absolute atomic E-state index is 1.37. The summed E-state index contributed by atoms with van der Waals surface area (Å²) >= 11 is 0. The van der Waals surface area contributed by atoms with Crippen LogP contribution < -0.4 is 0 Å². The number of aromatic nitrogens is 1. The molecule has 0 fully saturated rings. The lowest BCUT2D eigenvalue weighted by Crippen LogP contribution is -1.79. The molecule has 0 aromatic carbocycles. The van der Waals surface area contributed by atoms with Crippen molar-refractivity contribution in [3.63, 3.8) is 0 Å². The molecule has 0 aliphatic heterocycles. The van der Waals surface area contributed by atoms with Crippen LogP contribution in [0.5, 0.6) is 0 Å². The van der Waals surface area contributed by atoms with Crippen molar-refractivity contribution < 1.29 is 0 Å². The highest BCUT2D eigenvalue weighted by Crippen LogP contribution is 2.25. The largest absolute Gasteiger partial charge is 0.344 e. The second-order valence-electron chi connectivity index (χ2n) is 2.91. The van der Waals surface area contributed by atoms with Crippen molar-refractivity contribution in [2.75, 3.05) is 0 Å². The lowest BCUT2D eigenvalue weighted by atomic mass is 10.1. The summed E-state index contributed by atoms with van der Waals surface area (Å²) in [5.41, 5.74) is 5.60. The van der Waals surface area contributed by atoms with Crippen LogP contribution in [0.25, 0.3) is 11.0 Å². The normalized spacial score (nSPS) is 11.5. The van der Waals surface area contributed by atoms with Crippen LogP contribution in [0.4, 0.5) is 0 Å². The Morgan fingerprint density at radius 3 is 1.60 bits per heavy atom. The lowest BCUT2D eigenvalue weighted by molar-refractivity contribution is 1.02. The molecule has 0 spiro atoms. The first-order chi connectivity index (χ1) is 4.72. The lowest BCUT2D eigenvalue weighted by Gasteiger charge is -1.89. The summed E-state index contributed by atoms with van der Waals surface area (Å²) in [6.45, 7) is 4.36. The quantitative estimate of drug-likeness (QED) is 0.519. The van der Waals surface area contributed by atoms with E-state index in [4.69, 9.17) is 0 Å². The molecule has 0 atom stereocenters. The highest BCUT2D eigenvalue weighted by atomic mass is 14.9. The maximum atomic E-state index is 2.24. The molecule has 0 radical (unpaired) electrons. The molecule has 0 saturated carbocycles. The predicted octanol–water partition coefficient (Wildman–Crippen LogP) is 2.23. The fraction of sp³-hybridized carbons (Fsp3) is 0.333. The summed E-state index contributed by atoms with van der Waals surface area (Å²) in [4.78, 5) is 0. The van der Waals surface area contributed by atoms with Gasteiger partial charge in [0.2, 0.25) is 0 Å². The van der Waals surface area contributed by atoms with Crippen molar-refractivity contribution in [3.05, 3.63) is 23.3 Å². The first-order valence-electron chi connectivity index (χ1n) is 3.56. The van der Waals surface area contributed by atoms with E-state index < -0.39 is 0 Å². The number of hydrogen-bond donors (Lipinski definition) is 0. The second-order valence-corrected chi connectivity index (χ2v) is 2.91. The molecule has 1 heteroatoms. The molecular formula is C9H11N. The Bertz CT molecular complexity index is 323. The highest BCUT2D eigenvalue weighted by Gasteiger charge is 2.08. The molecule has 52 valence electrons. The van der Waals surface area contributed by atoms with E-state index in [0.29, 0.717) is 0 Å². The van der Waals surface area contributed by atoms with Gasteiger partial charge >= 0.3 is 0 Å². The molecule has 0 N–H and O–H groups in total. The summed E-state index contributed by atoms with van der Waals surface area (Å²) in [7, 11) is 2.12. The van der Waals surface area contributed by atoms with Crippen molar-refractivity contribution in [2.45, 2.75) is 13.8 Å². The zero-order valence-corrected chi connectivity index (χ0v) is 6.60. The van der Waals surface area contributed by atoms with Gasteiger partial charge < -0.3 is 4.57 Å². The third kappa shape index (κ3) is 0.441. The molecular weight excluding hydrogens is 122 g/mol. The Morgan fingerprint density at radius 1 is 1.00 bits per heavy atom. The maximum Gasteiger partial charge on any atom is 0.0442 e. The van der Waals surface area contributed by atoms with E-state index in [9.17, 15) is 0 Å². The Labute approximate surface area is 60.6 Å². The monoisotopic (exact) mass is 133 g/mol. The van der Waals surface area contributed by atoms with Gasteiger partial charge in [-0.15, -0.1) is 0 Å². The molecule has 2 heterocycles. The smallest absolute Gasteiger partial charge is 0.0442 e. The fourth-order valence-electron chi connectivity index (χ4n) is 1.65. The van der Waals surface area contributed by atoms with Gasteiger partial charge in [0, 0.05) is 18.1 Å². The van der Waals surface area contributed by atoms with E-state index in [1.807, 2.05) is 0 Å². The molecule has 0 aliphatic carbocycles. The van der Waals surface area contributed by atoms with Gasteiger partial charge in [-0.3, -0.25) is 0 Å². The summed E-state index contributed by atoms with van der Waals surface area (Å²) in [5.74, 6) is 0. The minimum atomic E-state index is 1.37. The zero-order valence-electron chi connectivity index (χ0n) is 6.60. The van der Waals surface area contributed by atoms with E-state index in [2.05, 4.69) is 37.6 Å². The van der Waals surface area contributed by atoms with Gasteiger partial charge in [-0.1, -0.05) is 0 Å². The molecule has 0 aliphatic rings. The third-order valence-corrected chi connectivity index (χ3v) is 2.45. The van der Waals surface area contributed by atoms with Crippen LogP contribution in [0.1, 0.15) is 11.1 Å². The summed E-state index contributed by atoms with van der Waals surface area (Å²) in [5, 5.41) is 0. The van der Waals surface area contributed by atoms with Crippen LogP contribution in [0.2, 0.25) is 0 Å². The van der Waals surface area contributed by atoms with Crippen LogP contribution in [-0.4, -0.2) is 4.57 Å². The molecule has 0 saturated heterocycles. The van der Waals surface area contributed by atoms with Crippen molar-refractivity contribution in [1.82, 2.24) is 4.57 Å². The van der Waals surface area contributed by atoms with Crippen molar-refractivity contribution >= 4 is 11.0 Å². The van der Waals surface area contributed by atoms with Gasteiger partial charge in [-0.25, -0.2) is 0 Å². The average Bonchev–Trinajstić information content (AvgIpc) is 2.34. The Balaban J connectivity index is 3.01. The highest BCUT2D eigenvalue weighted by molar-refractivity contribution is 5.77. The first kappa shape index (κ1) is 5.78. The van der Waals surface area contributed by atoms with Gasteiger partial charge in [-0.05, 0) is 37.1 Å². The Kier molecular flexibility index (Phi) is 0.890. The zero-order chi connectivity index (χ0) is 7.30. The first-order valence-corrected chi connectivity index (χ1v) is 3.56. The Morgan fingerprint density at radius 2 is 1.40 bits per heavy atom. The molecule has 10 heavy (non-hydrogen) atoms. The number of nitrogens with zero attached hydrogens (tertiary/aromatic N) is 1. The molecule has 2 rings (SSSR count). The van der Waals surface area contributed by atoms with Gasteiger partial charge in [0.25, 0.3) is 0 Å². The molecule has 0 amide bonds. The van der Waals surface area contributed by atoms with Crippen molar-refractivity contribution in [3.8, 4) is 0 Å². The number of rotatable bonds is 0. The standard InChI is InChI=1S/C9H11N/c1-6-7(2)9-5-4-8(6)10(9)3/h4-5H,1-3H3. The predicted molar refractivity (Wildman–Crippen MR) is 43.6 cm³/mol. The molecule has 2 aromatic rings. The van der Waals surface area contributed by atoms with E-state index in [1.165, 1.54) is 22.2 Å². The van der Waals surface area contributed by atoms with Crippen LogP contribution in [0.3, 0.4) is 0 Å². The van der Waals surface area contributed by atoms with E-state index in [-0.39, 0.29) is 0 Å². The van der Waals surface area contributed by atoms with Gasteiger partial charge in [0.05, 0.1) is 0 Å². The van der Waals surface area contributed by atoms with Gasteiger partial charge in [0.1, 0.15) is 0 Å². The maximum absolute atomic E-state index is 2.24. The fourth-order valence-corrected chi connectivity index (χ4v) is 1.65. The number of benzene rings is 1. The van der Waals surface area contributed by atoms with Crippen LogP contribution >= 0.6 is 0 Å². The molecule has 1 nitrogen and oxygen atoms in total.